The maximum atomic E-state index is 13.0. The van der Waals surface area contributed by atoms with Crippen molar-refractivity contribution in [3.8, 4) is 11.5 Å². The second kappa shape index (κ2) is 9.90. The molecule has 174 valence electrons. The average Bonchev–Trinajstić information content (AvgIpc) is 2.76. The zero-order chi connectivity index (χ0) is 23.5. The van der Waals surface area contributed by atoms with Crippen LogP contribution in [-0.4, -0.2) is 50.7 Å². The number of carbonyl (C=O) groups excluding carboxylic acids is 1. The van der Waals surface area contributed by atoms with Crippen molar-refractivity contribution in [1.29, 1.82) is 0 Å². The van der Waals surface area contributed by atoms with Crippen molar-refractivity contribution >= 4 is 23.2 Å². The summed E-state index contributed by atoms with van der Waals surface area (Å²) >= 11 is 6.36. The summed E-state index contributed by atoms with van der Waals surface area (Å²) in [6, 6.07) is 8.39. The van der Waals surface area contributed by atoms with Crippen molar-refractivity contribution in [2.45, 2.75) is 20.0 Å². The summed E-state index contributed by atoms with van der Waals surface area (Å²) in [4.78, 5) is 16.5. The molecule has 32 heavy (non-hydrogen) atoms. The number of alkyl halides is 3. The Morgan fingerprint density at radius 1 is 1.12 bits per heavy atom. The Morgan fingerprint density at radius 2 is 1.81 bits per heavy atom. The number of carbonyl (C=O) groups is 1. The Hall–Kier alpha value is -2.61. The van der Waals surface area contributed by atoms with Gasteiger partial charge < -0.3 is 19.3 Å². The van der Waals surface area contributed by atoms with E-state index < -0.39 is 11.7 Å². The third kappa shape index (κ3) is 5.59. The monoisotopic (exact) mass is 470 g/mol. The van der Waals surface area contributed by atoms with Crippen molar-refractivity contribution in [3.63, 3.8) is 0 Å². The van der Waals surface area contributed by atoms with Crippen molar-refractivity contribution in [3.05, 3.63) is 52.5 Å². The van der Waals surface area contributed by atoms with Crippen LogP contribution < -0.4 is 14.4 Å². The average molecular weight is 471 g/mol. The maximum Gasteiger partial charge on any atom is 0.416 e. The molecule has 1 amide bonds. The highest BCUT2D eigenvalue weighted by Gasteiger charge is 2.31. The molecule has 0 unspecified atom stereocenters. The number of nitrogens with zero attached hydrogens (tertiary/aromatic N) is 2. The van der Waals surface area contributed by atoms with E-state index in [1.165, 1.54) is 13.2 Å². The van der Waals surface area contributed by atoms with E-state index in [0.29, 0.717) is 61.5 Å². The molecule has 0 atom stereocenters. The van der Waals surface area contributed by atoms with Gasteiger partial charge in [-0.2, -0.15) is 13.2 Å². The lowest BCUT2D eigenvalue weighted by atomic mass is 10.1. The zero-order valence-electron chi connectivity index (χ0n) is 18.2. The van der Waals surface area contributed by atoms with E-state index in [4.69, 9.17) is 21.1 Å². The Labute approximate surface area is 190 Å². The van der Waals surface area contributed by atoms with Crippen LogP contribution in [0.25, 0.3) is 0 Å². The Bertz CT molecular complexity index is 958. The van der Waals surface area contributed by atoms with Crippen LogP contribution in [0.5, 0.6) is 11.5 Å². The van der Waals surface area contributed by atoms with E-state index in [-0.39, 0.29) is 10.9 Å². The van der Waals surface area contributed by atoms with Crippen molar-refractivity contribution in [2.24, 2.45) is 5.92 Å². The largest absolute Gasteiger partial charge is 0.493 e. The van der Waals surface area contributed by atoms with Gasteiger partial charge in [-0.05, 0) is 36.2 Å². The summed E-state index contributed by atoms with van der Waals surface area (Å²) in [5, 5.41) is 0.288. The molecule has 2 aromatic rings. The van der Waals surface area contributed by atoms with E-state index in [0.717, 1.165) is 12.1 Å². The van der Waals surface area contributed by atoms with Crippen LogP contribution in [0.4, 0.5) is 18.9 Å². The van der Waals surface area contributed by atoms with Crippen molar-refractivity contribution < 1.29 is 27.4 Å². The maximum absolute atomic E-state index is 13.0. The predicted molar refractivity (Wildman–Crippen MR) is 118 cm³/mol. The number of rotatable bonds is 6. The number of amides is 1. The molecule has 0 radical (unpaired) electrons. The van der Waals surface area contributed by atoms with Gasteiger partial charge in [0.1, 0.15) is 0 Å². The van der Waals surface area contributed by atoms with Gasteiger partial charge in [-0.15, -0.1) is 0 Å². The molecule has 0 N–H and O–H groups in total. The molecule has 0 bridgehead atoms. The minimum Gasteiger partial charge on any atom is -0.493 e. The lowest BCUT2D eigenvalue weighted by Crippen LogP contribution is -2.48. The first-order valence-corrected chi connectivity index (χ1v) is 10.7. The van der Waals surface area contributed by atoms with E-state index in [2.05, 4.69) is 0 Å². The van der Waals surface area contributed by atoms with E-state index in [1.807, 2.05) is 18.7 Å². The molecular weight excluding hydrogens is 445 g/mol. The first-order chi connectivity index (χ1) is 15.1. The molecule has 0 saturated carbocycles. The third-order valence-electron chi connectivity index (χ3n) is 5.14. The van der Waals surface area contributed by atoms with Crippen molar-refractivity contribution in [1.82, 2.24) is 4.90 Å². The highest BCUT2D eigenvalue weighted by molar-refractivity contribution is 6.32. The van der Waals surface area contributed by atoms with Crippen molar-refractivity contribution in [2.75, 3.05) is 44.8 Å². The molecule has 2 aromatic carbocycles. The van der Waals surface area contributed by atoms with Gasteiger partial charge in [-0.25, -0.2) is 0 Å². The fourth-order valence-corrected chi connectivity index (χ4v) is 3.73. The minimum absolute atomic E-state index is 0.218. The number of hydrogen-bond acceptors (Lipinski definition) is 4. The standard InChI is InChI=1S/C23H26ClF3N2O3/c1-15(2)14-32-21-19(24)11-16(12-20(21)31-3)22(30)29-9-7-28(8-10-29)18-6-4-5-17(13-18)23(25,26)27/h4-6,11-13,15H,7-10,14H2,1-3H3. The summed E-state index contributed by atoms with van der Waals surface area (Å²) in [5.41, 5.74) is 0.176. The quantitative estimate of drug-likeness (QED) is 0.569. The lowest BCUT2D eigenvalue weighted by Gasteiger charge is -2.36. The molecule has 3 rings (SSSR count). The molecule has 5 nitrogen and oxygen atoms in total. The Balaban J connectivity index is 1.70. The van der Waals surface area contributed by atoms with Crippen LogP contribution in [0, 0.1) is 5.92 Å². The second-order valence-corrected chi connectivity index (χ2v) is 8.43. The number of anilines is 1. The summed E-state index contributed by atoms with van der Waals surface area (Å²) in [6.07, 6.45) is -4.39. The number of methoxy groups -OCH3 is 1. The number of piperazine rings is 1. The number of hydrogen-bond donors (Lipinski definition) is 0. The molecular formula is C23H26ClF3N2O3. The molecule has 1 saturated heterocycles. The number of ether oxygens (including phenoxy) is 2. The smallest absolute Gasteiger partial charge is 0.416 e. The predicted octanol–water partition coefficient (Wildman–Crippen LogP) is 5.36. The van der Waals surface area contributed by atoms with Crippen LogP contribution in [-0.2, 0) is 6.18 Å². The van der Waals surface area contributed by atoms with Crippen LogP contribution >= 0.6 is 11.6 Å². The number of halogens is 4. The summed E-state index contributed by atoms with van der Waals surface area (Å²) in [7, 11) is 1.48. The first-order valence-electron chi connectivity index (χ1n) is 10.3. The first kappa shape index (κ1) is 24.0. The third-order valence-corrected chi connectivity index (χ3v) is 5.42. The van der Waals surface area contributed by atoms with Gasteiger partial charge >= 0.3 is 6.18 Å². The topological polar surface area (TPSA) is 42.0 Å². The molecule has 1 aliphatic heterocycles. The van der Waals surface area contributed by atoms with Gasteiger partial charge in [-0.3, -0.25) is 4.79 Å². The molecule has 1 aliphatic rings. The normalized spacial score (nSPS) is 14.6. The summed E-state index contributed by atoms with van der Waals surface area (Å²) in [5.74, 6) is 0.854. The summed E-state index contributed by atoms with van der Waals surface area (Å²) < 4.78 is 50.1. The van der Waals surface area contributed by atoms with Gasteiger partial charge in [0.2, 0.25) is 0 Å². The lowest BCUT2D eigenvalue weighted by molar-refractivity contribution is -0.137. The molecule has 0 aromatic heterocycles. The second-order valence-electron chi connectivity index (χ2n) is 8.02. The Kier molecular flexibility index (Phi) is 7.44. The number of benzene rings is 2. The van der Waals surface area contributed by atoms with Crippen LogP contribution in [0.15, 0.2) is 36.4 Å². The minimum atomic E-state index is -4.39. The van der Waals surface area contributed by atoms with E-state index >= 15 is 0 Å². The molecule has 1 fully saturated rings. The molecule has 1 heterocycles. The van der Waals surface area contributed by atoms with E-state index in [1.54, 1.807) is 23.1 Å². The fraction of sp³-hybridized carbons (Fsp3) is 0.435. The molecule has 0 spiro atoms. The van der Waals surface area contributed by atoms with Crippen LogP contribution in [0.1, 0.15) is 29.8 Å². The SMILES string of the molecule is COc1cc(C(=O)N2CCN(c3cccc(C(F)(F)F)c3)CC2)cc(Cl)c1OCC(C)C. The van der Waals surface area contributed by atoms with Gasteiger partial charge in [0.15, 0.2) is 11.5 Å². The van der Waals surface area contributed by atoms with Gasteiger partial charge in [0.05, 0.1) is 24.3 Å². The van der Waals surface area contributed by atoms with Crippen LogP contribution in [0.2, 0.25) is 5.02 Å². The summed E-state index contributed by atoms with van der Waals surface area (Å²) in [6.45, 7) is 6.08. The van der Waals surface area contributed by atoms with Crippen LogP contribution in [0.3, 0.4) is 0 Å². The highest BCUT2D eigenvalue weighted by atomic mass is 35.5. The highest BCUT2D eigenvalue weighted by Crippen LogP contribution is 2.37. The molecule has 0 aliphatic carbocycles. The molecule has 9 heteroatoms. The van der Waals surface area contributed by atoms with E-state index in [9.17, 15) is 18.0 Å². The van der Waals surface area contributed by atoms with Gasteiger partial charge in [0, 0.05) is 37.4 Å². The fourth-order valence-electron chi connectivity index (χ4n) is 3.46. The van der Waals surface area contributed by atoms with Gasteiger partial charge in [-0.1, -0.05) is 31.5 Å². The van der Waals surface area contributed by atoms with Gasteiger partial charge in [0.25, 0.3) is 5.91 Å². The Morgan fingerprint density at radius 3 is 2.41 bits per heavy atom. The zero-order valence-corrected chi connectivity index (χ0v) is 19.0.